The molecule has 1 heterocycles. The maximum absolute atomic E-state index is 5.34. The number of hydrogen-bond donors (Lipinski definition) is 0. The van der Waals surface area contributed by atoms with E-state index in [4.69, 9.17) is 11.2 Å². The summed E-state index contributed by atoms with van der Waals surface area (Å²) in [7, 11) is 0. The van der Waals surface area contributed by atoms with Crippen molar-refractivity contribution in [1.29, 1.82) is 0 Å². The third-order valence-electron chi connectivity index (χ3n) is 1.90. The van der Waals surface area contributed by atoms with E-state index in [2.05, 4.69) is 10.8 Å². The smallest absolute Gasteiger partial charge is 0.100 e. The van der Waals surface area contributed by atoms with E-state index in [0.717, 1.165) is 13.2 Å². The van der Waals surface area contributed by atoms with E-state index in [1.54, 1.807) is 0 Å². The number of hydrogen-bond acceptors (Lipinski definition) is 2. The molecular formula is C8H13NO. The summed E-state index contributed by atoms with van der Waals surface area (Å²) in [6.07, 6.45) is 5.34. The maximum Gasteiger partial charge on any atom is 0.100 e. The maximum atomic E-state index is 5.34. The summed E-state index contributed by atoms with van der Waals surface area (Å²) in [4.78, 5) is 2.15. The average molecular weight is 139 g/mol. The molecule has 0 spiro atoms. The predicted octanol–water partition coefficient (Wildman–Crippen LogP) is 0.688. The molecule has 1 aliphatic rings. The highest BCUT2D eigenvalue weighted by Gasteiger charge is 2.26. The van der Waals surface area contributed by atoms with Crippen molar-refractivity contribution in [1.82, 2.24) is 4.90 Å². The van der Waals surface area contributed by atoms with Gasteiger partial charge in [0.2, 0.25) is 0 Å². The van der Waals surface area contributed by atoms with Crippen LogP contribution in [-0.4, -0.2) is 30.3 Å². The third-order valence-corrected chi connectivity index (χ3v) is 1.90. The van der Waals surface area contributed by atoms with E-state index in [1.807, 2.05) is 13.8 Å². The Labute approximate surface area is 62.2 Å². The Hall–Kier alpha value is -0.520. The van der Waals surface area contributed by atoms with E-state index >= 15 is 0 Å². The average Bonchev–Trinajstić information content (AvgIpc) is 2.38. The Morgan fingerprint density at radius 1 is 1.60 bits per heavy atom. The molecule has 10 heavy (non-hydrogen) atoms. The van der Waals surface area contributed by atoms with Crippen molar-refractivity contribution in [2.24, 2.45) is 0 Å². The molecule has 0 radical (unpaired) electrons. The van der Waals surface area contributed by atoms with Gasteiger partial charge in [-0.15, -0.1) is 6.42 Å². The SMILES string of the molecule is C#CC(C)(C)N1CCOC1. The topological polar surface area (TPSA) is 12.5 Å². The first kappa shape index (κ1) is 7.59. The quantitative estimate of drug-likeness (QED) is 0.495. The molecule has 2 nitrogen and oxygen atoms in total. The summed E-state index contributed by atoms with van der Waals surface area (Å²) in [6, 6.07) is 0. The van der Waals surface area contributed by atoms with Crippen LogP contribution in [0.2, 0.25) is 0 Å². The van der Waals surface area contributed by atoms with Crippen LogP contribution in [0.5, 0.6) is 0 Å². The van der Waals surface area contributed by atoms with Gasteiger partial charge < -0.3 is 4.74 Å². The second kappa shape index (κ2) is 2.61. The van der Waals surface area contributed by atoms with Crippen molar-refractivity contribution in [3.63, 3.8) is 0 Å². The van der Waals surface area contributed by atoms with Crippen LogP contribution < -0.4 is 0 Å². The lowest BCUT2D eigenvalue weighted by Crippen LogP contribution is -2.40. The van der Waals surface area contributed by atoms with Crippen LogP contribution in [0.3, 0.4) is 0 Å². The first-order chi connectivity index (χ1) is 4.67. The van der Waals surface area contributed by atoms with Gasteiger partial charge in [0.05, 0.1) is 12.1 Å². The largest absolute Gasteiger partial charge is 0.365 e. The van der Waals surface area contributed by atoms with Crippen molar-refractivity contribution >= 4 is 0 Å². The molecule has 2 heteroatoms. The molecule has 1 rings (SSSR count). The van der Waals surface area contributed by atoms with Gasteiger partial charge >= 0.3 is 0 Å². The van der Waals surface area contributed by atoms with E-state index < -0.39 is 0 Å². The molecular weight excluding hydrogens is 126 g/mol. The Morgan fingerprint density at radius 2 is 2.30 bits per heavy atom. The minimum atomic E-state index is -0.142. The highest BCUT2D eigenvalue weighted by Crippen LogP contribution is 2.15. The Morgan fingerprint density at radius 3 is 2.70 bits per heavy atom. The molecule has 0 aromatic carbocycles. The van der Waals surface area contributed by atoms with Crippen LogP contribution in [0.4, 0.5) is 0 Å². The zero-order valence-electron chi connectivity index (χ0n) is 6.55. The molecule has 0 saturated carbocycles. The van der Waals surface area contributed by atoms with Crippen LogP contribution in [0.15, 0.2) is 0 Å². The van der Waals surface area contributed by atoms with E-state index in [1.165, 1.54) is 0 Å². The number of rotatable bonds is 1. The fourth-order valence-electron chi connectivity index (χ4n) is 0.946. The standard InChI is InChI=1S/C8H13NO/c1-4-8(2,3)9-5-6-10-7-9/h1H,5-7H2,2-3H3. The first-order valence-corrected chi connectivity index (χ1v) is 3.47. The Balaban J connectivity index is 2.56. The van der Waals surface area contributed by atoms with Crippen LogP contribution in [0, 0.1) is 12.3 Å². The number of terminal acetylenes is 1. The molecule has 0 atom stereocenters. The Kier molecular flexibility index (Phi) is 1.98. The second-order valence-electron chi connectivity index (χ2n) is 3.00. The van der Waals surface area contributed by atoms with Crippen molar-refractivity contribution in [2.75, 3.05) is 19.9 Å². The molecule has 56 valence electrons. The van der Waals surface area contributed by atoms with Gasteiger partial charge in [-0.1, -0.05) is 5.92 Å². The first-order valence-electron chi connectivity index (χ1n) is 3.47. The molecule has 0 N–H and O–H groups in total. The van der Waals surface area contributed by atoms with Gasteiger partial charge in [0.15, 0.2) is 0 Å². The molecule has 1 fully saturated rings. The van der Waals surface area contributed by atoms with Crippen LogP contribution in [0.1, 0.15) is 13.8 Å². The van der Waals surface area contributed by atoms with Crippen molar-refractivity contribution < 1.29 is 4.74 Å². The normalized spacial score (nSPS) is 20.9. The molecule has 1 aliphatic heterocycles. The zero-order chi connectivity index (χ0) is 7.61. The lowest BCUT2D eigenvalue weighted by atomic mass is 10.1. The van der Waals surface area contributed by atoms with Gasteiger partial charge in [-0.25, -0.2) is 0 Å². The molecule has 0 aliphatic carbocycles. The molecule has 0 bridgehead atoms. The van der Waals surface area contributed by atoms with Gasteiger partial charge in [-0.05, 0) is 13.8 Å². The predicted molar refractivity (Wildman–Crippen MR) is 40.4 cm³/mol. The van der Waals surface area contributed by atoms with E-state index in [9.17, 15) is 0 Å². The molecule has 1 saturated heterocycles. The van der Waals surface area contributed by atoms with Gasteiger partial charge in [-0.3, -0.25) is 4.90 Å². The fourth-order valence-corrected chi connectivity index (χ4v) is 0.946. The van der Waals surface area contributed by atoms with Crippen molar-refractivity contribution in [3.05, 3.63) is 0 Å². The zero-order valence-corrected chi connectivity index (χ0v) is 6.55. The number of nitrogens with zero attached hydrogens (tertiary/aromatic N) is 1. The van der Waals surface area contributed by atoms with Gasteiger partial charge in [0.25, 0.3) is 0 Å². The summed E-state index contributed by atoms with van der Waals surface area (Å²) in [5, 5.41) is 0. The summed E-state index contributed by atoms with van der Waals surface area (Å²) < 4.78 is 5.18. The summed E-state index contributed by atoms with van der Waals surface area (Å²) in [5.74, 6) is 2.73. The summed E-state index contributed by atoms with van der Waals surface area (Å²) in [6.45, 7) is 6.50. The van der Waals surface area contributed by atoms with Crippen LogP contribution in [0.25, 0.3) is 0 Å². The molecule has 0 amide bonds. The number of ether oxygens (including phenoxy) is 1. The minimum absolute atomic E-state index is 0.142. The van der Waals surface area contributed by atoms with Gasteiger partial charge in [0, 0.05) is 6.54 Å². The highest BCUT2D eigenvalue weighted by atomic mass is 16.5. The molecule has 0 aromatic heterocycles. The van der Waals surface area contributed by atoms with Gasteiger partial charge in [-0.2, -0.15) is 0 Å². The lowest BCUT2D eigenvalue weighted by Gasteiger charge is -2.28. The Bertz CT molecular complexity index is 151. The third kappa shape index (κ3) is 1.31. The second-order valence-corrected chi connectivity index (χ2v) is 3.00. The lowest BCUT2D eigenvalue weighted by molar-refractivity contribution is 0.102. The van der Waals surface area contributed by atoms with Crippen molar-refractivity contribution in [3.8, 4) is 12.3 Å². The monoisotopic (exact) mass is 139 g/mol. The van der Waals surface area contributed by atoms with Crippen LogP contribution >= 0.6 is 0 Å². The highest BCUT2D eigenvalue weighted by molar-refractivity contribution is 5.08. The molecule has 0 aromatic rings. The summed E-state index contributed by atoms with van der Waals surface area (Å²) >= 11 is 0. The molecule has 0 unspecified atom stereocenters. The minimum Gasteiger partial charge on any atom is -0.365 e. The van der Waals surface area contributed by atoms with Gasteiger partial charge in [0.1, 0.15) is 6.73 Å². The van der Waals surface area contributed by atoms with Crippen molar-refractivity contribution in [2.45, 2.75) is 19.4 Å². The van der Waals surface area contributed by atoms with E-state index in [-0.39, 0.29) is 5.54 Å². The van der Waals surface area contributed by atoms with E-state index in [0.29, 0.717) is 6.73 Å². The summed E-state index contributed by atoms with van der Waals surface area (Å²) in [5.41, 5.74) is -0.142. The van der Waals surface area contributed by atoms with Crippen LogP contribution in [-0.2, 0) is 4.74 Å². The fraction of sp³-hybridized carbons (Fsp3) is 0.750.